The number of carbonyl (C=O) groups is 2. The molecule has 1 rings (SSSR count). The van der Waals surface area contributed by atoms with Gasteiger partial charge >= 0.3 is 6.09 Å². The zero-order valence-corrected chi connectivity index (χ0v) is 13.4. The average Bonchev–Trinajstić information content (AvgIpc) is 2.43. The molecule has 1 heterocycles. The van der Waals surface area contributed by atoms with Crippen LogP contribution in [0.25, 0.3) is 0 Å². The van der Waals surface area contributed by atoms with E-state index in [1.807, 2.05) is 0 Å². The van der Waals surface area contributed by atoms with Gasteiger partial charge in [0.05, 0.1) is 12.0 Å². The Morgan fingerprint density at radius 3 is 2.29 bits per heavy atom. The summed E-state index contributed by atoms with van der Waals surface area (Å²) in [5.74, 6) is -3.76. The Morgan fingerprint density at radius 1 is 1.33 bits per heavy atom. The number of hydrogen-bond acceptors (Lipinski definition) is 3. The van der Waals surface area contributed by atoms with Crippen LogP contribution in [0.1, 0.15) is 41.5 Å². The quantitative estimate of drug-likeness (QED) is 0.852. The first kappa shape index (κ1) is 17.7. The van der Waals surface area contributed by atoms with Crippen molar-refractivity contribution < 1.29 is 23.1 Å². The van der Waals surface area contributed by atoms with Gasteiger partial charge in [0, 0.05) is 6.54 Å². The smallest absolute Gasteiger partial charge is 0.411 e. The van der Waals surface area contributed by atoms with Gasteiger partial charge in [-0.15, -0.1) is 0 Å². The van der Waals surface area contributed by atoms with Gasteiger partial charge in [0.25, 0.3) is 5.92 Å². The van der Waals surface area contributed by atoms with Crippen LogP contribution in [0, 0.1) is 5.41 Å². The van der Waals surface area contributed by atoms with Gasteiger partial charge in [-0.1, -0.05) is 13.8 Å². The summed E-state index contributed by atoms with van der Waals surface area (Å²) in [6.45, 7) is 8.68. The largest absolute Gasteiger partial charge is 0.444 e. The second kappa shape index (κ2) is 5.42. The van der Waals surface area contributed by atoms with Crippen molar-refractivity contribution in [2.75, 3.05) is 13.1 Å². The molecule has 0 aromatic carbocycles. The van der Waals surface area contributed by atoms with Gasteiger partial charge < -0.3 is 10.1 Å². The third kappa shape index (κ3) is 3.44. The first-order chi connectivity index (χ1) is 9.33. The molecule has 1 aliphatic heterocycles. The topological polar surface area (TPSA) is 58.6 Å². The highest BCUT2D eigenvalue weighted by atomic mass is 19.3. The van der Waals surface area contributed by atoms with Crippen molar-refractivity contribution >= 4 is 12.0 Å². The second-order valence-electron chi connectivity index (χ2n) is 6.83. The van der Waals surface area contributed by atoms with Gasteiger partial charge in [-0.3, -0.25) is 9.69 Å². The molecule has 1 N–H and O–H groups in total. The molecule has 1 aliphatic rings. The fourth-order valence-corrected chi connectivity index (χ4v) is 2.33. The summed E-state index contributed by atoms with van der Waals surface area (Å²) in [6, 6.07) is -1.26. The van der Waals surface area contributed by atoms with E-state index in [0.717, 1.165) is 4.90 Å². The maximum atomic E-state index is 14.2. The molecular weight excluding hydrogens is 282 g/mol. The summed E-state index contributed by atoms with van der Waals surface area (Å²) in [7, 11) is 0. The predicted octanol–water partition coefficient (Wildman–Crippen LogP) is 2.40. The van der Waals surface area contributed by atoms with E-state index >= 15 is 0 Å². The van der Waals surface area contributed by atoms with Crippen LogP contribution in [-0.4, -0.2) is 47.6 Å². The SMILES string of the molecule is CCNC(=O)[C@H]1N(C(=O)OC(C)(C)C)CC(F)(F)C1(C)C. The predicted molar refractivity (Wildman–Crippen MR) is 74.1 cm³/mol. The van der Waals surface area contributed by atoms with E-state index in [-0.39, 0.29) is 0 Å². The first-order valence-corrected chi connectivity index (χ1v) is 6.98. The van der Waals surface area contributed by atoms with Gasteiger partial charge in [0.1, 0.15) is 11.6 Å². The van der Waals surface area contributed by atoms with Gasteiger partial charge in [0.2, 0.25) is 5.91 Å². The number of likely N-dealkylation sites (N-methyl/N-ethyl adjacent to an activating group) is 1. The number of nitrogens with one attached hydrogen (secondary N) is 1. The number of amides is 2. The monoisotopic (exact) mass is 306 g/mol. The average molecular weight is 306 g/mol. The van der Waals surface area contributed by atoms with Crippen LogP contribution in [-0.2, 0) is 9.53 Å². The fourth-order valence-electron chi connectivity index (χ4n) is 2.33. The van der Waals surface area contributed by atoms with Crippen LogP contribution >= 0.6 is 0 Å². The molecule has 0 saturated carbocycles. The van der Waals surface area contributed by atoms with E-state index in [9.17, 15) is 18.4 Å². The zero-order chi connectivity index (χ0) is 16.6. The van der Waals surface area contributed by atoms with E-state index in [1.54, 1.807) is 27.7 Å². The van der Waals surface area contributed by atoms with Crippen molar-refractivity contribution in [1.82, 2.24) is 10.2 Å². The Kier molecular flexibility index (Phi) is 4.56. The molecule has 2 amide bonds. The fraction of sp³-hybridized carbons (Fsp3) is 0.857. The molecule has 7 heteroatoms. The van der Waals surface area contributed by atoms with Gasteiger partial charge in [-0.05, 0) is 27.7 Å². The number of rotatable bonds is 2. The number of nitrogens with zero attached hydrogens (tertiary/aromatic N) is 1. The number of alkyl halides is 2. The van der Waals surface area contributed by atoms with Crippen molar-refractivity contribution in [3.05, 3.63) is 0 Å². The van der Waals surface area contributed by atoms with Crippen molar-refractivity contribution in [2.24, 2.45) is 5.41 Å². The van der Waals surface area contributed by atoms with Crippen LogP contribution in [0.3, 0.4) is 0 Å². The minimum atomic E-state index is -3.17. The number of likely N-dealkylation sites (tertiary alicyclic amines) is 1. The lowest BCUT2D eigenvalue weighted by atomic mass is 9.81. The van der Waals surface area contributed by atoms with Crippen LogP contribution in [0.5, 0.6) is 0 Å². The lowest BCUT2D eigenvalue weighted by Gasteiger charge is -2.33. The van der Waals surface area contributed by atoms with Crippen molar-refractivity contribution in [2.45, 2.75) is 59.1 Å². The lowest BCUT2D eigenvalue weighted by Crippen LogP contribution is -2.53. The Morgan fingerprint density at radius 2 is 1.86 bits per heavy atom. The zero-order valence-electron chi connectivity index (χ0n) is 13.4. The van der Waals surface area contributed by atoms with Crippen LogP contribution in [0.2, 0.25) is 0 Å². The van der Waals surface area contributed by atoms with Crippen LogP contribution in [0.15, 0.2) is 0 Å². The number of carbonyl (C=O) groups excluding carboxylic acids is 2. The summed E-state index contributed by atoms with van der Waals surface area (Å²) >= 11 is 0. The molecule has 122 valence electrons. The van der Waals surface area contributed by atoms with Gasteiger partial charge in [0.15, 0.2) is 0 Å². The molecule has 0 radical (unpaired) electrons. The Balaban J connectivity index is 3.11. The molecular formula is C14H24F2N2O3. The second-order valence-corrected chi connectivity index (χ2v) is 6.83. The van der Waals surface area contributed by atoms with E-state index in [4.69, 9.17) is 4.74 Å². The molecule has 0 bridgehead atoms. The first-order valence-electron chi connectivity index (χ1n) is 6.98. The van der Waals surface area contributed by atoms with E-state index in [1.165, 1.54) is 13.8 Å². The number of hydrogen-bond donors (Lipinski definition) is 1. The highest BCUT2D eigenvalue weighted by Crippen LogP contribution is 2.48. The summed E-state index contributed by atoms with van der Waals surface area (Å²) in [6.07, 6.45) is -0.899. The summed E-state index contributed by atoms with van der Waals surface area (Å²) in [4.78, 5) is 25.1. The Bertz CT molecular complexity index is 430. The standard InChI is InChI=1S/C14H24F2N2O3/c1-7-17-10(19)9-13(5,6)14(15,16)8-18(9)11(20)21-12(2,3)4/h9H,7-8H2,1-6H3,(H,17,19)/t9-/m1/s1. The van der Waals surface area contributed by atoms with E-state index in [2.05, 4.69) is 5.32 Å². The molecule has 21 heavy (non-hydrogen) atoms. The van der Waals surface area contributed by atoms with Crippen LogP contribution < -0.4 is 5.32 Å². The summed E-state index contributed by atoms with van der Waals surface area (Å²) in [5, 5.41) is 2.51. The lowest BCUT2D eigenvalue weighted by molar-refractivity contribution is -0.132. The van der Waals surface area contributed by atoms with Crippen molar-refractivity contribution in [3.8, 4) is 0 Å². The molecule has 0 aromatic rings. The minimum absolute atomic E-state index is 0.305. The van der Waals surface area contributed by atoms with Crippen LogP contribution in [0.4, 0.5) is 13.6 Å². The molecule has 0 aromatic heterocycles. The highest BCUT2D eigenvalue weighted by molar-refractivity contribution is 5.87. The molecule has 0 aliphatic carbocycles. The maximum Gasteiger partial charge on any atom is 0.411 e. The number of ether oxygens (including phenoxy) is 1. The van der Waals surface area contributed by atoms with Gasteiger partial charge in [-0.2, -0.15) is 0 Å². The maximum absolute atomic E-state index is 14.2. The molecule has 1 saturated heterocycles. The third-order valence-electron chi connectivity index (χ3n) is 3.53. The molecule has 5 nitrogen and oxygen atoms in total. The van der Waals surface area contributed by atoms with Crippen molar-refractivity contribution in [1.29, 1.82) is 0 Å². The normalized spacial score (nSPS) is 23.8. The summed E-state index contributed by atoms with van der Waals surface area (Å²) in [5.41, 5.74) is -2.48. The Hall–Kier alpha value is -1.40. The van der Waals surface area contributed by atoms with Gasteiger partial charge in [-0.25, -0.2) is 13.6 Å². The number of halogens is 2. The third-order valence-corrected chi connectivity index (χ3v) is 3.53. The summed E-state index contributed by atoms with van der Waals surface area (Å²) < 4.78 is 33.5. The molecule has 1 fully saturated rings. The van der Waals surface area contributed by atoms with E-state index < -0.39 is 41.5 Å². The molecule has 0 spiro atoms. The Labute approximate surface area is 124 Å². The molecule has 0 unspecified atom stereocenters. The van der Waals surface area contributed by atoms with Crippen molar-refractivity contribution in [3.63, 3.8) is 0 Å². The minimum Gasteiger partial charge on any atom is -0.444 e. The van der Waals surface area contributed by atoms with E-state index in [0.29, 0.717) is 6.54 Å². The highest BCUT2D eigenvalue weighted by Gasteiger charge is 2.64. The molecule has 1 atom stereocenters.